The number of nitrogens with two attached hydrogens (primary N) is 1. The van der Waals surface area contributed by atoms with Crippen LogP contribution in [-0.2, 0) is 0 Å². The van der Waals surface area contributed by atoms with Crippen molar-refractivity contribution in [2.24, 2.45) is 0 Å². The topological polar surface area (TPSA) is 80.9 Å². The summed E-state index contributed by atoms with van der Waals surface area (Å²) in [6.45, 7) is 7.70. The van der Waals surface area contributed by atoms with Crippen LogP contribution >= 0.6 is 23.4 Å². The Morgan fingerprint density at radius 2 is 1.95 bits per heavy atom. The zero-order valence-corrected chi connectivity index (χ0v) is 13.8. The molecule has 20 heavy (non-hydrogen) atoms. The Balaban J connectivity index is 3.22. The van der Waals surface area contributed by atoms with Crippen LogP contribution in [-0.4, -0.2) is 22.1 Å². The minimum absolute atomic E-state index is 0.0206. The SMILES string of the molecule is CSC(NC(=O)c1nc(Cl)c(N)nc1C(C)C)=C(C)C. The van der Waals surface area contributed by atoms with Crippen molar-refractivity contribution in [2.45, 2.75) is 33.6 Å². The largest absolute Gasteiger partial charge is 0.381 e. The number of hydrogen-bond donors (Lipinski definition) is 2. The van der Waals surface area contributed by atoms with Crippen LogP contribution in [0.25, 0.3) is 0 Å². The number of rotatable bonds is 4. The molecule has 0 atom stereocenters. The van der Waals surface area contributed by atoms with Gasteiger partial charge in [-0.3, -0.25) is 4.79 Å². The fourth-order valence-electron chi connectivity index (χ4n) is 1.55. The number of aromatic nitrogens is 2. The van der Waals surface area contributed by atoms with E-state index in [4.69, 9.17) is 17.3 Å². The van der Waals surface area contributed by atoms with Gasteiger partial charge in [-0.2, -0.15) is 0 Å². The Bertz CT molecular complexity index is 554. The summed E-state index contributed by atoms with van der Waals surface area (Å²) in [6, 6.07) is 0. The second kappa shape index (κ2) is 6.95. The summed E-state index contributed by atoms with van der Waals surface area (Å²) in [5.41, 5.74) is 7.43. The highest BCUT2D eigenvalue weighted by molar-refractivity contribution is 8.02. The molecule has 7 heteroatoms. The van der Waals surface area contributed by atoms with Crippen LogP contribution in [0.4, 0.5) is 5.82 Å². The number of amides is 1. The first-order valence-corrected chi connectivity index (χ1v) is 7.73. The van der Waals surface area contributed by atoms with Gasteiger partial charge in [0.15, 0.2) is 16.7 Å². The van der Waals surface area contributed by atoms with Crippen LogP contribution in [0, 0.1) is 0 Å². The molecule has 1 rings (SSSR count). The molecular formula is C13H19ClN4OS. The van der Waals surface area contributed by atoms with Gasteiger partial charge in [-0.1, -0.05) is 25.4 Å². The summed E-state index contributed by atoms with van der Waals surface area (Å²) in [4.78, 5) is 20.6. The average Bonchev–Trinajstić information content (AvgIpc) is 2.37. The summed E-state index contributed by atoms with van der Waals surface area (Å²) in [7, 11) is 0. The van der Waals surface area contributed by atoms with Crippen molar-refractivity contribution in [3.05, 3.63) is 27.1 Å². The molecule has 0 aliphatic heterocycles. The molecule has 0 radical (unpaired) electrons. The molecule has 0 aliphatic rings. The normalized spacial score (nSPS) is 10.6. The van der Waals surface area contributed by atoms with Gasteiger partial charge in [0.1, 0.15) is 0 Å². The Labute approximate surface area is 128 Å². The first kappa shape index (κ1) is 16.8. The third-order valence-corrected chi connectivity index (χ3v) is 3.75. The number of carbonyl (C=O) groups excluding carboxylic acids is 1. The van der Waals surface area contributed by atoms with Crippen LogP contribution in [0.5, 0.6) is 0 Å². The van der Waals surface area contributed by atoms with E-state index in [9.17, 15) is 4.79 Å². The van der Waals surface area contributed by atoms with Crippen molar-refractivity contribution in [3.63, 3.8) is 0 Å². The monoisotopic (exact) mass is 314 g/mol. The molecule has 110 valence electrons. The number of anilines is 1. The zero-order chi connectivity index (χ0) is 15.4. The molecule has 0 aromatic carbocycles. The molecule has 0 saturated carbocycles. The third-order valence-electron chi connectivity index (χ3n) is 2.55. The lowest BCUT2D eigenvalue weighted by Gasteiger charge is -2.14. The van der Waals surface area contributed by atoms with E-state index in [0.29, 0.717) is 5.69 Å². The van der Waals surface area contributed by atoms with Crippen molar-refractivity contribution >= 4 is 35.1 Å². The standard InChI is InChI=1S/C13H19ClN4OS/c1-6(2)8-9(16-10(14)11(15)17-8)12(19)18-13(20-5)7(3)4/h6H,1-5H3,(H2,15,17)(H,18,19). The maximum atomic E-state index is 12.3. The Morgan fingerprint density at radius 1 is 1.35 bits per heavy atom. The number of thioether (sulfide) groups is 1. The van der Waals surface area contributed by atoms with Gasteiger partial charge in [0.2, 0.25) is 0 Å². The second-order valence-electron chi connectivity index (χ2n) is 4.78. The molecule has 1 heterocycles. The van der Waals surface area contributed by atoms with E-state index in [1.807, 2.05) is 34.0 Å². The van der Waals surface area contributed by atoms with Crippen LogP contribution in [0.1, 0.15) is 49.8 Å². The highest BCUT2D eigenvalue weighted by atomic mass is 35.5. The summed E-state index contributed by atoms with van der Waals surface area (Å²) in [5, 5.41) is 3.66. The molecule has 1 amide bonds. The van der Waals surface area contributed by atoms with E-state index < -0.39 is 0 Å². The van der Waals surface area contributed by atoms with Gasteiger partial charge < -0.3 is 11.1 Å². The second-order valence-corrected chi connectivity index (χ2v) is 5.95. The van der Waals surface area contributed by atoms with E-state index in [0.717, 1.165) is 10.6 Å². The van der Waals surface area contributed by atoms with Gasteiger partial charge >= 0.3 is 0 Å². The Hall–Kier alpha value is -1.27. The number of allylic oxidation sites excluding steroid dienone is 1. The lowest BCUT2D eigenvalue weighted by Crippen LogP contribution is -2.26. The van der Waals surface area contributed by atoms with Gasteiger partial charge in [0.25, 0.3) is 5.91 Å². The average molecular weight is 315 g/mol. The van der Waals surface area contributed by atoms with Crippen molar-refractivity contribution in [3.8, 4) is 0 Å². The molecule has 1 aromatic rings. The summed E-state index contributed by atoms with van der Waals surface area (Å²) >= 11 is 7.34. The smallest absolute Gasteiger partial charge is 0.276 e. The Morgan fingerprint density at radius 3 is 2.40 bits per heavy atom. The molecule has 0 unspecified atom stereocenters. The third kappa shape index (κ3) is 3.86. The van der Waals surface area contributed by atoms with Gasteiger partial charge in [-0.25, -0.2) is 9.97 Å². The molecule has 1 aromatic heterocycles. The Kier molecular flexibility index (Phi) is 5.83. The van der Waals surface area contributed by atoms with Gasteiger partial charge in [-0.05, 0) is 31.6 Å². The number of carbonyl (C=O) groups is 1. The van der Waals surface area contributed by atoms with Gasteiger partial charge in [0.05, 0.1) is 10.7 Å². The van der Waals surface area contributed by atoms with Crippen LogP contribution in [0.2, 0.25) is 5.15 Å². The van der Waals surface area contributed by atoms with E-state index >= 15 is 0 Å². The highest BCUT2D eigenvalue weighted by Gasteiger charge is 2.20. The van der Waals surface area contributed by atoms with Crippen LogP contribution in [0.3, 0.4) is 0 Å². The van der Waals surface area contributed by atoms with Gasteiger partial charge in [0, 0.05) is 0 Å². The predicted octanol–water partition coefficient (Wildman–Crippen LogP) is 3.18. The van der Waals surface area contributed by atoms with Crippen LogP contribution < -0.4 is 11.1 Å². The zero-order valence-electron chi connectivity index (χ0n) is 12.2. The van der Waals surface area contributed by atoms with Gasteiger partial charge in [-0.15, -0.1) is 11.8 Å². The quantitative estimate of drug-likeness (QED) is 0.892. The number of halogens is 1. The molecule has 5 nitrogen and oxygen atoms in total. The minimum Gasteiger partial charge on any atom is -0.381 e. The summed E-state index contributed by atoms with van der Waals surface area (Å²) in [6.07, 6.45) is 1.90. The van der Waals surface area contributed by atoms with E-state index in [1.165, 1.54) is 11.8 Å². The van der Waals surface area contributed by atoms with E-state index in [2.05, 4.69) is 15.3 Å². The molecular weight excluding hydrogens is 296 g/mol. The minimum atomic E-state index is -0.325. The molecule has 0 aliphatic carbocycles. The maximum Gasteiger partial charge on any atom is 0.276 e. The lowest BCUT2D eigenvalue weighted by molar-refractivity contribution is 0.0961. The van der Waals surface area contributed by atoms with E-state index in [-0.39, 0.29) is 28.5 Å². The number of hydrogen-bond acceptors (Lipinski definition) is 5. The number of nitrogen functional groups attached to an aromatic ring is 1. The molecule has 3 N–H and O–H groups in total. The van der Waals surface area contributed by atoms with Crippen molar-refractivity contribution in [1.29, 1.82) is 0 Å². The molecule has 0 saturated heterocycles. The lowest BCUT2D eigenvalue weighted by atomic mass is 10.1. The van der Waals surface area contributed by atoms with Crippen LogP contribution in [0.15, 0.2) is 10.6 Å². The first-order chi connectivity index (χ1) is 9.27. The van der Waals surface area contributed by atoms with E-state index in [1.54, 1.807) is 0 Å². The fourth-order valence-corrected chi connectivity index (χ4v) is 2.28. The molecule has 0 spiro atoms. The van der Waals surface area contributed by atoms with Crippen molar-refractivity contribution in [1.82, 2.24) is 15.3 Å². The summed E-state index contributed by atoms with van der Waals surface area (Å²) < 4.78 is 0. The summed E-state index contributed by atoms with van der Waals surface area (Å²) in [5.74, 6) is -0.167. The molecule has 0 bridgehead atoms. The fraction of sp³-hybridized carbons (Fsp3) is 0.462. The first-order valence-electron chi connectivity index (χ1n) is 6.13. The number of nitrogens with zero attached hydrogens (tertiary/aromatic N) is 2. The van der Waals surface area contributed by atoms with Crippen molar-refractivity contribution in [2.75, 3.05) is 12.0 Å². The molecule has 0 fully saturated rings. The predicted molar refractivity (Wildman–Crippen MR) is 84.9 cm³/mol. The maximum absolute atomic E-state index is 12.3. The van der Waals surface area contributed by atoms with Crippen molar-refractivity contribution < 1.29 is 4.79 Å². The number of nitrogens with one attached hydrogen (secondary N) is 1. The highest BCUT2D eigenvalue weighted by Crippen LogP contribution is 2.23.